The van der Waals surface area contributed by atoms with E-state index in [9.17, 15) is 4.79 Å². The third-order valence-electron chi connectivity index (χ3n) is 8.04. The Balaban J connectivity index is 1.28. The number of rotatable bonds is 8. The molecule has 3 aromatic rings. The van der Waals surface area contributed by atoms with Crippen LogP contribution in [0, 0.1) is 17.8 Å². The summed E-state index contributed by atoms with van der Waals surface area (Å²) in [5.41, 5.74) is 6.11. The molecule has 1 aromatic carbocycles. The van der Waals surface area contributed by atoms with Crippen LogP contribution in [0.2, 0.25) is 5.02 Å². The van der Waals surface area contributed by atoms with Gasteiger partial charge in [0.2, 0.25) is 0 Å². The number of aromatic nitrogens is 3. The highest BCUT2D eigenvalue weighted by molar-refractivity contribution is 6.31. The normalized spacial score (nSPS) is 19.4. The summed E-state index contributed by atoms with van der Waals surface area (Å²) < 4.78 is 0. The first kappa shape index (κ1) is 25.7. The van der Waals surface area contributed by atoms with Gasteiger partial charge < -0.3 is 5.32 Å². The lowest BCUT2D eigenvalue weighted by Gasteiger charge is -2.27. The van der Waals surface area contributed by atoms with Crippen LogP contribution in [0.5, 0.6) is 0 Å². The van der Waals surface area contributed by atoms with E-state index >= 15 is 0 Å². The van der Waals surface area contributed by atoms with Crippen LogP contribution in [0.15, 0.2) is 60.0 Å². The molecule has 1 amide bonds. The fraction of sp³-hybridized carbons (Fsp3) is 0.452. The Bertz CT molecular complexity index is 1320. The molecule has 2 aromatic heterocycles. The third-order valence-corrected chi connectivity index (χ3v) is 8.27. The number of H-pyrrole nitrogens is 1. The molecule has 2 aliphatic carbocycles. The Kier molecular flexibility index (Phi) is 8.09. The molecule has 0 spiro atoms. The number of aromatic amines is 1. The van der Waals surface area contributed by atoms with Gasteiger partial charge in [-0.3, -0.25) is 14.9 Å². The zero-order valence-electron chi connectivity index (χ0n) is 21.9. The van der Waals surface area contributed by atoms with E-state index in [1.807, 2.05) is 12.3 Å². The molecule has 0 bridgehead atoms. The monoisotopic (exact) mass is 516 g/mol. The molecule has 2 unspecified atom stereocenters. The lowest BCUT2D eigenvalue weighted by Crippen LogP contribution is -2.24. The van der Waals surface area contributed by atoms with Gasteiger partial charge in [-0.25, -0.2) is 0 Å². The van der Waals surface area contributed by atoms with Gasteiger partial charge in [0, 0.05) is 33.6 Å². The molecule has 0 radical (unpaired) electrons. The molecule has 5 rings (SSSR count). The molecule has 194 valence electrons. The van der Waals surface area contributed by atoms with Crippen LogP contribution in [-0.2, 0) is 12.8 Å². The van der Waals surface area contributed by atoms with Crippen LogP contribution in [0.25, 0.3) is 10.9 Å². The minimum atomic E-state index is -0.138. The van der Waals surface area contributed by atoms with Gasteiger partial charge in [0.1, 0.15) is 0 Å². The molecule has 5 nitrogen and oxygen atoms in total. The number of amides is 1. The molecule has 1 saturated carbocycles. The first-order valence-electron chi connectivity index (χ1n) is 13.8. The molecule has 2 heterocycles. The van der Waals surface area contributed by atoms with Gasteiger partial charge in [-0.15, -0.1) is 0 Å². The number of fused-ring (bicyclic) bond motifs is 1. The summed E-state index contributed by atoms with van der Waals surface area (Å²) in [6.07, 6.45) is 16.8. The highest BCUT2D eigenvalue weighted by atomic mass is 35.5. The zero-order chi connectivity index (χ0) is 25.8. The summed E-state index contributed by atoms with van der Waals surface area (Å²) >= 11 is 6.07. The van der Waals surface area contributed by atoms with Crippen molar-refractivity contribution in [3.05, 3.63) is 81.9 Å². The summed E-state index contributed by atoms with van der Waals surface area (Å²) in [5, 5.41) is 12.8. The lowest BCUT2D eigenvalue weighted by molar-refractivity contribution is 0.0966. The van der Waals surface area contributed by atoms with E-state index in [2.05, 4.69) is 41.5 Å². The summed E-state index contributed by atoms with van der Waals surface area (Å²) in [7, 11) is 0. The van der Waals surface area contributed by atoms with Crippen LogP contribution < -0.4 is 5.32 Å². The Morgan fingerprint density at radius 2 is 2.03 bits per heavy atom. The van der Waals surface area contributed by atoms with Crippen molar-refractivity contribution >= 4 is 28.4 Å². The highest BCUT2D eigenvalue weighted by Gasteiger charge is 2.23. The zero-order valence-corrected chi connectivity index (χ0v) is 22.7. The van der Waals surface area contributed by atoms with Gasteiger partial charge in [0.25, 0.3) is 5.91 Å². The van der Waals surface area contributed by atoms with E-state index in [0.717, 1.165) is 42.8 Å². The van der Waals surface area contributed by atoms with Crippen molar-refractivity contribution in [2.24, 2.45) is 17.8 Å². The Labute approximate surface area is 224 Å². The van der Waals surface area contributed by atoms with Gasteiger partial charge >= 0.3 is 0 Å². The van der Waals surface area contributed by atoms with E-state index in [0.29, 0.717) is 22.4 Å². The quantitative estimate of drug-likeness (QED) is 0.324. The number of nitrogens with zero attached hydrogens (tertiary/aromatic N) is 2. The number of carbonyl (C=O) groups excluding carboxylic acids is 1. The highest BCUT2D eigenvalue weighted by Crippen LogP contribution is 2.33. The number of hydrogen-bond donors (Lipinski definition) is 2. The van der Waals surface area contributed by atoms with Crippen molar-refractivity contribution in [2.45, 2.75) is 71.6 Å². The first-order valence-corrected chi connectivity index (χ1v) is 14.1. The van der Waals surface area contributed by atoms with Gasteiger partial charge in [-0.1, -0.05) is 75.3 Å². The molecule has 0 saturated heterocycles. The number of nitrogens with one attached hydrogen (secondary N) is 2. The Hall–Kier alpha value is -2.92. The third kappa shape index (κ3) is 6.32. The second kappa shape index (κ2) is 11.6. The molecule has 0 aliphatic heterocycles. The van der Waals surface area contributed by atoms with E-state index in [1.165, 1.54) is 54.5 Å². The average Bonchev–Trinajstić information content (AvgIpc) is 3.32. The van der Waals surface area contributed by atoms with Gasteiger partial charge in [-0.05, 0) is 73.8 Å². The second-order valence-electron chi connectivity index (χ2n) is 11.0. The van der Waals surface area contributed by atoms with Crippen LogP contribution in [0.3, 0.4) is 0 Å². The lowest BCUT2D eigenvalue weighted by atomic mass is 9.78. The van der Waals surface area contributed by atoms with Crippen LogP contribution >= 0.6 is 11.6 Å². The molecule has 1 fully saturated rings. The summed E-state index contributed by atoms with van der Waals surface area (Å²) in [4.78, 5) is 17.6. The van der Waals surface area contributed by atoms with E-state index in [4.69, 9.17) is 16.6 Å². The summed E-state index contributed by atoms with van der Waals surface area (Å²) in [6.45, 7) is 4.59. The van der Waals surface area contributed by atoms with Crippen LogP contribution in [0.1, 0.15) is 80.5 Å². The molecule has 2 atom stereocenters. The van der Waals surface area contributed by atoms with Crippen LogP contribution in [-0.4, -0.2) is 21.1 Å². The Morgan fingerprint density at radius 1 is 1.19 bits per heavy atom. The van der Waals surface area contributed by atoms with E-state index in [-0.39, 0.29) is 5.91 Å². The predicted octanol–water partition coefficient (Wildman–Crippen LogP) is 7.58. The number of halogens is 1. The maximum absolute atomic E-state index is 12.7. The largest absolute Gasteiger partial charge is 0.322 e. The first-order chi connectivity index (χ1) is 18.0. The standard InChI is InChI=1S/C31H37ClN4O/c1-20-15-22(18-26(16-20)34-31(37)24-9-6-10-25(32)19-24)11-12-27-30-28(36-35-27)13-14-33-29(30)17-21(2)23-7-4-3-5-8-23/h6,9-10,13-14,16,18-21,23H,3-5,7-8,11-12,15,17H2,1-2H3,(H,34,37)(H,35,36). The Morgan fingerprint density at radius 3 is 2.84 bits per heavy atom. The fourth-order valence-electron chi connectivity index (χ4n) is 6.09. The van der Waals surface area contributed by atoms with Crippen LogP contribution in [0.4, 0.5) is 0 Å². The molecular weight excluding hydrogens is 480 g/mol. The average molecular weight is 517 g/mol. The number of carbonyl (C=O) groups is 1. The van der Waals surface area contributed by atoms with Crippen molar-refractivity contribution in [2.75, 3.05) is 0 Å². The minimum absolute atomic E-state index is 0.138. The van der Waals surface area contributed by atoms with Crippen molar-refractivity contribution in [3.8, 4) is 0 Å². The number of benzene rings is 1. The van der Waals surface area contributed by atoms with Gasteiger partial charge in [-0.2, -0.15) is 5.10 Å². The van der Waals surface area contributed by atoms with Crippen molar-refractivity contribution in [1.29, 1.82) is 0 Å². The smallest absolute Gasteiger partial charge is 0.255 e. The van der Waals surface area contributed by atoms with Crippen molar-refractivity contribution < 1.29 is 4.79 Å². The van der Waals surface area contributed by atoms with Crippen molar-refractivity contribution in [3.63, 3.8) is 0 Å². The maximum Gasteiger partial charge on any atom is 0.255 e. The minimum Gasteiger partial charge on any atom is -0.322 e. The van der Waals surface area contributed by atoms with E-state index < -0.39 is 0 Å². The number of hydrogen-bond acceptors (Lipinski definition) is 3. The van der Waals surface area contributed by atoms with E-state index in [1.54, 1.807) is 24.3 Å². The number of aryl methyl sites for hydroxylation is 1. The van der Waals surface area contributed by atoms with Gasteiger partial charge in [0.05, 0.1) is 11.2 Å². The summed E-state index contributed by atoms with van der Waals surface area (Å²) in [5.74, 6) is 1.67. The van der Waals surface area contributed by atoms with Gasteiger partial charge in [0.15, 0.2) is 0 Å². The molecule has 6 heteroatoms. The molecule has 2 N–H and O–H groups in total. The SMILES string of the molecule is CC1C=C(NC(=O)c2cccc(Cl)c2)C=C(CCc2[nH]nc3ccnc(CC(C)C4CCCCC4)c23)C1. The predicted molar refractivity (Wildman–Crippen MR) is 151 cm³/mol. The molecule has 37 heavy (non-hydrogen) atoms. The number of allylic oxidation sites excluding steroid dienone is 3. The molecule has 2 aliphatic rings. The topological polar surface area (TPSA) is 70.7 Å². The fourth-order valence-corrected chi connectivity index (χ4v) is 6.28. The van der Waals surface area contributed by atoms with Crippen molar-refractivity contribution in [1.82, 2.24) is 20.5 Å². The maximum atomic E-state index is 12.7. The second-order valence-corrected chi connectivity index (χ2v) is 11.4. The molecular formula is C31H37ClN4O. The summed E-state index contributed by atoms with van der Waals surface area (Å²) in [6, 6.07) is 9.05. The number of pyridine rings is 1.